The summed E-state index contributed by atoms with van der Waals surface area (Å²) in [5.41, 5.74) is 7.73. The fourth-order valence-corrected chi connectivity index (χ4v) is 2.17. The SMILES string of the molecule is COc1cc(CC(N)c2cc(Cl)ccc2Cl)ncn1. The summed E-state index contributed by atoms with van der Waals surface area (Å²) in [6, 6.07) is 6.70. The smallest absolute Gasteiger partial charge is 0.216 e. The Kier molecular flexibility index (Phi) is 4.58. The number of rotatable bonds is 4. The molecule has 1 aromatic heterocycles. The highest BCUT2D eigenvalue weighted by Gasteiger charge is 2.13. The van der Waals surface area contributed by atoms with E-state index in [4.69, 9.17) is 33.7 Å². The van der Waals surface area contributed by atoms with Crippen molar-refractivity contribution >= 4 is 23.2 Å². The minimum Gasteiger partial charge on any atom is -0.481 e. The van der Waals surface area contributed by atoms with E-state index < -0.39 is 0 Å². The number of hydrogen-bond acceptors (Lipinski definition) is 4. The average molecular weight is 298 g/mol. The van der Waals surface area contributed by atoms with Crippen LogP contribution in [0.4, 0.5) is 0 Å². The molecule has 19 heavy (non-hydrogen) atoms. The van der Waals surface area contributed by atoms with Crippen molar-refractivity contribution in [2.24, 2.45) is 5.73 Å². The van der Waals surface area contributed by atoms with Crippen molar-refractivity contribution in [3.63, 3.8) is 0 Å². The van der Waals surface area contributed by atoms with Gasteiger partial charge in [0.2, 0.25) is 5.88 Å². The summed E-state index contributed by atoms with van der Waals surface area (Å²) in [7, 11) is 1.56. The summed E-state index contributed by atoms with van der Waals surface area (Å²) >= 11 is 12.1. The van der Waals surface area contributed by atoms with Crippen molar-refractivity contribution in [1.29, 1.82) is 0 Å². The number of nitrogens with two attached hydrogens (primary N) is 1. The highest BCUT2D eigenvalue weighted by molar-refractivity contribution is 6.33. The molecule has 1 unspecified atom stereocenters. The van der Waals surface area contributed by atoms with Gasteiger partial charge in [-0.3, -0.25) is 0 Å². The Labute approximate surface area is 121 Å². The first kappa shape index (κ1) is 14.1. The Morgan fingerprint density at radius 3 is 2.79 bits per heavy atom. The van der Waals surface area contributed by atoms with Gasteiger partial charge >= 0.3 is 0 Å². The number of benzene rings is 1. The lowest BCUT2D eigenvalue weighted by molar-refractivity contribution is 0.395. The van der Waals surface area contributed by atoms with Gasteiger partial charge in [0.25, 0.3) is 0 Å². The standard InChI is InChI=1S/C13H13Cl2N3O/c1-19-13-6-9(17-7-18-13)5-12(16)10-4-8(14)2-3-11(10)15/h2-4,6-7,12H,5,16H2,1H3. The predicted octanol–water partition coefficient (Wildman–Crippen LogP) is 3.03. The van der Waals surface area contributed by atoms with Crippen LogP contribution in [-0.2, 0) is 6.42 Å². The maximum atomic E-state index is 6.14. The fraction of sp³-hybridized carbons (Fsp3) is 0.231. The Balaban J connectivity index is 2.20. The molecule has 1 aromatic carbocycles. The number of hydrogen-bond donors (Lipinski definition) is 1. The summed E-state index contributed by atoms with van der Waals surface area (Å²) in [4.78, 5) is 8.11. The van der Waals surface area contributed by atoms with E-state index in [1.165, 1.54) is 6.33 Å². The molecule has 4 nitrogen and oxygen atoms in total. The molecule has 0 spiro atoms. The van der Waals surface area contributed by atoms with Crippen LogP contribution in [0, 0.1) is 0 Å². The second-order valence-corrected chi connectivity index (χ2v) is 4.87. The van der Waals surface area contributed by atoms with Gasteiger partial charge in [-0.2, -0.15) is 0 Å². The lowest BCUT2D eigenvalue weighted by atomic mass is 10.0. The van der Waals surface area contributed by atoms with Gasteiger partial charge in [-0.25, -0.2) is 9.97 Å². The van der Waals surface area contributed by atoms with Crippen molar-refractivity contribution in [1.82, 2.24) is 9.97 Å². The molecule has 0 saturated heterocycles. The van der Waals surface area contributed by atoms with Gasteiger partial charge in [-0.15, -0.1) is 0 Å². The number of methoxy groups -OCH3 is 1. The topological polar surface area (TPSA) is 61.0 Å². The molecule has 1 atom stereocenters. The largest absolute Gasteiger partial charge is 0.481 e. The third-order valence-corrected chi connectivity index (χ3v) is 3.27. The van der Waals surface area contributed by atoms with Gasteiger partial charge in [-0.1, -0.05) is 23.2 Å². The molecule has 0 bridgehead atoms. The third kappa shape index (κ3) is 3.56. The summed E-state index contributed by atoms with van der Waals surface area (Å²) in [6.45, 7) is 0. The molecule has 2 rings (SSSR count). The van der Waals surface area contributed by atoms with Gasteiger partial charge in [-0.05, 0) is 23.8 Å². The van der Waals surface area contributed by atoms with Crippen molar-refractivity contribution < 1.29 is 4.74 Å². The van der Waals surface area contributed by atoms with Gasteiger partial charge < -0.3 is 10.5 Å². The average Bonchev–Trinajstić information content (AvgIpc) is 2.41. The first-order valence-electron chi connectivity index (χ1n) is 5.65. The van der Waals surface area contributed by atoms with E-state index in [1.54, 1.807) is 31.4 Å². The van der Waals surface area contributed by atoms with Crippen LogP contribution in [0.1, 0.15) is 17.3 Å². The summed E-state index contributed by atoms with van der Waals surface area (Å²) in [6.07, 6.45) is 1.97. The minimum absolute atomic E-state index is 0.286. The Hall–Kier alpha value is -1.36. The van der Waals surface area contributed by atoms with Gasteiger partial charge in [0.15, 0.2) is 0 Å². The van der Waals surface area contributed by atoms with E-state index in [-0.39, 0.29) is 6.04 Å². The number of ether oxygens (including phenoxy) is 1. The van der Waals surface area contributed by atoms with E-state index in [9.17, 15) is 0 Å². The van der Waals surface area contributed by atoms with Gasteiger partial charge in [0.1, 0.15) is 6.33 Å². The van der Waals surface area contributed by atoms with Crippen LogP contribution in [0.2, 0.25) is 10.0 Å². The van der Waals surface area contributed by atoms with Gasteiger partial charge in [0.05, 0.1) is 7.11 Å². The normalized spacial score (nSPS) is 12.2. The number of halogens is 2. The molecule has 0 aliphatic carbocycles. The minimum atomic E-state index is -0.286. The summed E-state index contributed by atoms with van der Waals surface area (Å²) in [5.74, 6) is 0.509. The molecule has 0 saturated carbocycles. The molecule has 100 valence electrons. The predicted molar refractivity (Wildman–Crippen MR) is 75.7 cm³/mol. The maximum Gasteiger partial charge on any atom is 0.216 e. The quantitative estimate of drug-likeness (QED) is 0.942. The third-order valence-electron chi connectivity index (χ3n) is 2.69. The van der Waals surface area contributed by atoms with Crippen LogP contribution in [0.5, 0.6) is 5.88 Å². The van der Waals surface area contributed by atoms with Crippen LogP contribution in [-0.4, -0.2) is 17.1 Å². The molecule has 0 aliphatic heterocycles. The van der Waals surface area contributed by atoms with Crippen molar-refractivity contribution in [3.8, 4) is 5.88 Å². The summed E-state index contributed by atoms with van der Waals surface area (Å²) < 4.78 is 5.05. The lowest BCUT2D eigenvalue weighted by Gasteiger charge is -2.14. The molecule has 0 amide bonds. The van der Waals surface area contributed by atoms with Crippen LogP contribution >= 0.6 is 23.2 Å². The second-order valence-electron chi connectivity index (χ2n) is 4.03. The molecule has 6 heteroatoms. The van der Waals surface area contributed by atoms with Crippen LogP contribution in [0.15, 0.2) is 30.6 Å². The molecular weight excluding hydrogens is 285 g/mol. The molecule has 0 aliphatic rings. The zero-order chi connectivity index (χ0) is 13.8. The van der Waals surface area contributed by atoms with E-state index >= 15 is 0 Å². The van der Waals surface area contributed by atoms with E-state index in [0.29, 0.717) is 22.3 Å². The number of aromatic nitrogens is 2. The van der Waals surface area contributed by atoms with Crippen molar-refractivity contribution in [3.05, 3.63) is 51.9 Å². The summed E-state index contributed by atoms with van der Waals surface area (Å²) in [5, 5.41) is 1.20. The van der Waals surface area contributed by atoms with Crippen molar-refractivity contribution in [2.45, 2.75) is 12.5 Å². The maximum absolute atomic E-state index is 6.14. The highest BCUT2D eigenvalue weighted by atomic mass is 35.5. The lowest BCUT2D eigenvalue weighted by Crippen LogP contribution is -2.15. The molecule has 0 fully saturated rings. The molecule has 1 heterocycles. The van der Waals surface area contributed by atoms with Crippen molar-refractivity contribution in [2.75, 3.05) is 7.11 Å². The highest BCUT2D eigenvalue weighted by Crippen LogP contribution is 2.27. The Bertz CT molecular complexity index is 578. The van der Waals surface area contributed by atoms with E-state index in [2.05, 4.69) is 9.97 Å². The van der Waals surface area contributed by atoms with Crippen LogP contribution in [0.25, 0.3) is 0 Å². The van der Waals surface area contributed by atoms with Crippen LogP contribution < -0.4 is 10.5 Å². The first-order valence-corrected chi connectivity index (χ1v) is 6.41. The fourth-order valence-electron chi connectivity index (χ4n) is 1.73. The van der Waals surface area contributed by atoms with E-state index in [1.807, 2.05) is 0 Å². The monoisotopic (exact) mass is 297 g/mol. The Morgan fingerprint density at radius 1 is 1.26 bits per heavy atom. The number of nitrogens with zero attached hydrogens (tertiary/aromatic N) is 2. The van der Waals surface area contributed by atoms with E-state index in [0.717, 1.165) is 11.3 Å². The zero-order valence-electron chi connectivity index (χ0n) is 10.3. The van der Waals surface area contributed by atoms with Gasteiger partial charge in [0, 0.05) is 34.3 Å². The molecule has 0 radical (unpaired) electrons. The Morgan fingerprint density at radius 2 is 2.05 bits per heavy atom. The van der Waals surface area contributed by atoms with Crippen LogP contribution in [0.3, 0.4) is 0 Å². The molecule has 2 aromatic rings. The zero-order valence-corrected chi connectivity index (χ0v) is 11.8. The second kappa shape index (κ2) is 6.19. The first-order chi connectivity index (χ1) is 9.10. The molecular formula is C13H13Cl2N3O. The molecule has 2 N–H and O–H groups in total.